The fourth-order valence-electron chi connectivity index (χ4n) is 2.18. The van der Waals surface area contributed by atoms with E-state index in [2.05, 4.69) is 51.1 Å². The summed E-state index contributed by atoms with van der Waals surface area (Å²) in [5.41, 5.74) is 3.82. The van der Waals surface area contributed by atoms with E-state index in [0.29, 0.717) is 0 Å². The third-order valence-electron chi connectivity index (χ3n) is 3.44. The molecule has 2 aromatic carbocycles. The topological polar surface area (TPSA) is 0 Å². The molecule has 1 atom stereocenters. The first-order valence-electron chi connectivity index (χ1n) is 6.85. The second-order valence-electron chi connectivity index (χ2n) is 6.17. The third-order valence-corrected chi connectivity index (χ3v) is 4.08. The monoisotopic (exact) mass is 306 g/mol. The van der Waals surface area contributed by atoms with Crippen molar-refractivity contribution in [3.8, 4) is 0 Å². The van der Waals surface area contributed by atoms with Gasteiger partial charge in [0.05, 0.1) is 5.38 Å². The highest BCUT2D eigenvalue weighted by atomic mass is 35.5. The Hall–Kier alpha value is -0.980. The minimum absolute atomic E-state index is 0.0255. The van der Waals surface area contributed by atoms with E-state index in [1.165, 1.54) is 5.56 Å². The van der Waals surface area contributed by atoms with E-state index in [4.69, 9.17) is 23.2 Å². The molecule has 0 aliphatic rings. The van der Waals surface area contributed by atoms with Crippen molar-refractivity contribution in [3.63, 3.8) is 0 Å². The van der Waals surface area contributed by atoms with Crippen LogP contribution >= 0.6 is 23.2 Å². The molecule has 1 unspecified atom stereocenters. The number of rotatable bonds is 3. The molecule has 0 aromatic heterocycles. The molecular formula is C18H20Cl2. The van der Waals surface area contributed by atoms with Crippen molar-refractivity contribution in [1.82, 2.24) is 0 Å². The van der Waals surface area contributed by atoms with Crippen LogP contribution in [0.5, 0.6) is 0 Å². The maximum Gasteiger partial charge on any atom is 0.0625 e. The Labute approximate surface area is 131 Å². The van der Waals surface area contributed by atoms with Crippen LogP contribution in [0.4, 0.5) is 0 Å². The van der Waals surface area contributed by atoms with Gasteiger partial charge in [0.15, 0.2) is 0 Å². The van der Waals surface area contributed by atoms with E-state index in [9.17, 15) is 0 Å². The molecule has 0 radical (unpaired) electrons. The average Bonchev–Trinajstić information content (AvgIpc) is 2.38. The van der Waals surface area contributed by atoms with Crippen LogP contribution in [0.2, 0.25) is 5.02 Å². The quantitative estimate of drug-likeness (QED) is 0.596. The maximum atomic E-state index is 6.52. The lowest BCUT2D eigenvalue weighted by Crippen LogP contribution is -2.10. The number of alkyl halides is 1. The first-order chi connectivity index (χ1) is 9.36. The van der Waals surface area contributed by atoms with Crippen LogP contribution in [0.15, 0.2) is 48.5 Å². The van der Waals surface area contributed by atoms with Gasteiger partial charge in [-0.25, -0.2) is 0 Å². The second-order valence-corrected chi connectivity index (χ2v) is 7.14. The summed E-state index contributed by atoms with van der Waals surface area (Å²) in [6.45, 7) is 6.64. The molecular weight excluding hydrogens is 287 g/mol. The Bertz CT molecular complexity index is 565. The molecule has 2 heteroatoms. The predicted octanol–water partition coefficient (Wildman–Crippen LogP) is 6.16. The third kappa shape index (κ3) is 4.01. The van der Waals surface area contributed by atoms with Crippen LogP contribution in [-0.2, 0) is 11.8 Å². The smallest absolute Gasteiger partial charge is 0.0625 e. The van der Waals surface area contributed by atoms with Crippen molar-refractivity contribution in [2.24, 2.45) is 0 Å². The Morgan fingerprint density at radius 2 is 1.65 bits per heavy atom. The van der Waals surface area contributed by atoms with Crippen molar-refractivity contribution >= 4 is 23.2 Å². The predicted molar refractivity (Wildman–Crippen MR) is 88.9 cm³/mol. The van der Waals surface area contributed by atoms with E-state index < -0.39 is 0 Å². The minimum atomic E-state index is -0.0255. The molecule has 2 aromatic rings. The van der Waals surface area contributed by atoms with Gasteiger partial charge in [-0.3, -0.25) is 0 Å². The number of hydrogen-bond acceptors (Lipinski definition) is 0. The Morgan fingerprint density at radius 1 is 1.00 bits per heavy atom. The van der Waals surface area contributed by atoms with Gasteiger partial charge in [0.25, 0.3) is 0 Å². The largest absolute Gasteiger partial charge is 0.117 e. The molecule has 0 N–H and O–H groups in total. The zero-order valence-corrected chi connectivity index (χ0v) is 13.7. The van der Waals surface area contributed by atoms with Crippen LogP contribution in [-0.4, -0.2) is 0 Å². The SMILES string of the molecule is CC(C)(C)c1ccc(C(Cl)Cc2cccc(Cl)c2)cc1. The van der Waals surface area contributed by atoms with Gasteiger partial charge in [-0.05, 0) is 40.7 Å². The molecule has 0 heterocycles. The molecule has 0 saturated heterocycles. The fraction of sp³-hybridized carbons (Fsp3) is 0.333. The van der Waals surface area contributed by atoms with Crippen molar-refractivity contribution in [3.05, 3.63) is 70.2 Å². The fourth-order valence-corrected chi connectivity index (χ4v) is 2.72. The molecule has 0 saturated carbocycles. The van der Waals surface area contributed by atoms with E-state index in [0.717, 1.165) is 22.6 Å². The molecule has 2 rings (SSSR count). The maximum absolute atomic E-state index is 6.52. The second kappa shape index (κ2) is 6.20. The van der Waals surface area contributed by atoms with E-state index >= 15 is 0 Å². The Morgan fingerprint density at radius 3 is 2.20 bits per heavy atom. The van der Waals surface area contributed by atoms with Crippen LogP contribution in [0.1, 0.15) is 42.8 Å². The molecule has 0 bridgehead atoms. The lowest BCUT2D eigenvalue weighted by atomic mass is 9.86. The van der Waals surface area contributed by atoms with Crippen LogP contribution in [0.3, 0.4) is 0 Å². The van der Waals surface area contributed by atoms with Gasteiger partial charge in [-0.1, -0.05) is 68.8 Å². The zero-order chi connectivity index (χ0) is 14.8. The Kier molecular flexibility index (Phi) is 4.78. The van der Waals surface area contributed by atoms with Crippen LogP contribution in [0.25, 0.3) is 0 Å². The first-order valence-corrected chi connectivity index (χ1v) is 7.66. The summed E-state index contributed by atoms with van der Waals surface area (Å²) in [7, 11) is 0. The summed E-state index contributed by atoms with van der Waals surface area (Å²) in [6.07, 6.45) is 0.789. The number of hydrogen-bond donors (Lipinski definition) is 0. The number of benzene rings is 2. The number of halogens is 2. The van der Waals surface area contributed by atoms with Gasteiger partial charge < -0.3 is 0 Å². The van der Waals surface area contributed by atoms with Crippen molar-refractivity contribution in [2.45, 2.75) is 38.0 Å². The standard InChI is InChI=1S/C18H20Cl2/c1-18(2,3)15-9-7-14(8-10-15)17(20)12-13-5-4-6-16(19)11-13/h4-11,17H,12H2,1-3H3. The molecule has 20 heavy (non-hydrogen) atoms. The highest BCUT2D eigenvalue weighted by Crippen LogP contribution is 2.29. The summed E-state index contributed by atoms with van der Waals surface area (Å²) in [5, 5.41) is 0.733. The van der Waals surface area contributed by atoms with Crippen molar-refractivity contribution in [1.29, 1.82) is 0 Å². The lowest BCUT2D eigenvalue weighted by molar-refractivity contribution is 0.590. The molecule has 106 valence electrons. The van der Waals surface area contributed by atoms with Crippen LogP contribution in [0, 0.1) is 0 Å². The minimum Gasteiger partial charge on any atom is -0.117 e. The van der Waals surface area contributed by atoms with Gasteiger partial charge >= 0.3 is 0 Å². The first kappa shape index (κ1) is 15.4. The lowest BCUT2D eigenvalue weighted by Gasteiger charge is -2.20. The van der Waals surface area contributed by atoms with E-state index in [1.54, 1.807) is 0 Å². The van der Waals surface area contributed by atoms with E-state index in [1.807, 2.05) is 18.2 Å². The summed E-state index contributed by atoms with van der Waals surface area (Å²) in [4.78, 5) is 0. The molecule has 0 spiro atoms. The zero-order valence-electron chi connectivity index (χ0n) is 12.2. The van der Waals surface area contributed by atoms with Crippen molar-refractivity contribution < 1.29 is 0 Å². The van der Waals surface area contributed by atoms with Gasteiger partial charge in [0, 0.05) is 5.02 Å². The van der Waals surface area contributed by atoms with Gasteiger partial charge in [-0.15, -0.1) is 11.6 Å². The van der Waals surface area contributed by atoms with Crippen LogP contribution < -0.4 is 0 Å². The summed E-state index contributed by atoms with van der Waals surface area (Å²) in [6, 6.07) is 16.5. The average molecular weight is 307 g/mol. The normalized spacial score (nSPS) is 13.2. The van der Waals surface area contributed by atoms with Crippen molar-refractivity contribution in [2.75, 3.05) is 0 Å². The molecule has 0 amide bonds. The Balaban J connectivity index is 2.11. The van der Waals surface area contributed by atoms with E-state index in [-0.39, 0.29) is 10.8 Å². The molecule has 0 nitrogen and oxygen atoms in total. The van der Waals surface area contributed by atoms with Gasteiger partial charge in [0.1, 0.15) is 0 Å². The molecule has 0 fully saturated rings. The van der Waals surface area contributed by atoms with Gasteiger partial charge in [0.2, 0.25) is 0 Å². The summed E-state index contributed by atoms with van der Waals surface area (Å²) >= 11 is 12.5. The summed E-state index contributed by atoms with van der Waals surface area (Å²) in [5.74, 6) is 0. The van der Waals surface area contributed by atoms with Gasteiger partial charge in [-0.2, -0.15) is 0 Å². The highest BCUT2D eigenvalue weighted by molar-refractivity contribution is 6.30. The summed E-state index contributed by atoms with van der Waals surface area (Å²) < 4.78 is 0. The molecule has 0 aliphatic heterocycles. The highest BCUT2D eigenvalue weighted by Gasteiger charge is 2.15. The molecule has 0 aliphatic carbocycles.